The minimum Gasteiger partial charge on any atom is -0.357 e. The van der Waals surface area contributed by atoms with Crippen molar-refractivity contribution < 1.29 is 4.79 Å². The minimum atomic E-state index is 0.271. The van der Waals surface area contributed by atoms with E-state index in [1.807, 2.05) is 23.1 Å². The highest BCUT2D eigenvalue weighted by molar-refractivity contribution is 7.22. The SMILES string of the molecule is O=C1CCCN1Cc1cccc(CNc2nc3ccccc3s2)c1. The summed E-state index contributed by atoms with van der Waals surface area (Å²) in [5.74, 6) is 0.271. The lowest BCUT2D eigenvalue weighted by molar-refractivity contribution is -0.128. The van der Waals surface area contributed by atoms with E-state index in [9.17, 15) is 4.79 Å². The molecule has 1 aromatic heterocycles. The number of likely N-dealkylation sites (tertiary alicyclic amines) is 1. The number of hydrogen-bond donors (Lipinski definition) is 1. The molecule has 0 radical (unpaired) electrons. The average molecular weight is 337 g/mol. The molecule has 1 fully saturated rings. The van der Waals surface area contributed by atoms with Crippen molar-refractivity contribution in [1.82, 2.24) is 9.88 Å². The summed E-state index contributed by atoms with van der Waals surface area (Å²) in [6, 6.07) is 16.6. The molecule has 0 spiro atoms. The summed E-state index contributed by atoms with van der Waals surface area (Å²) in [7, 11) is 0. The molecule has 1 aliphatic heterocycles. The van der Waals surface area contributed by atoms with Crippen LogP contribution in [0.25, 0.3) is 10.2 Å². The van der Waals surface area contributed by atoms with Gasteiger partial charge in [0.05, 0.1) is 10.2 Å². The van der Waals surface area contributed by atoms with E-state index < -0.39 is 0 Å². The number of amides is 1. The number of hydrogen-bond acceptors (Lipinski definition) is 4. The Balaban J connectivity index is 1.42. The predicted molar refractivity (Wildman–Crippen MR) is 98.0 cm³/mol. The molecule has 1 saturated heterocycles. The Morgan fingerprint density at radius 3 is 2.83 bits per heavy atom. The molecule has 4 nitrogen and oxygen atoms in total. The molecule has 122 valence electrons. The molecule has 0 saturated carbocycles. The van der Waals surface area contributed by atoms with Crippen molar-refractivity contribution in [2.24, 2.45) is 0 Å². The summed E-state index contributed by atoms with van der Waals surface area (Å²) in [6.45, 7) is 2.34. The zero-order valence-corrected chi connectivity index (χ0v) is 14.2. The van der Waals surface area contributed by atoms with Gasteiger partial charge < -0.3 is 10.2 Å². The fraction of sp³-hybridized carbons (Fsp3) is 0.263. The second kappa shape index (κ2) is 6.61. The maximum atomic E-state index is 11.8. The van der Waals surface area contributed by atoms with Gasteiger partial charge in [0.1, 0.15) is 0 Å². The van der Waals surface area contributed by atoms with Crippen LogP contribution in [-0.2, 0) is 17.9 Å². The first-order chi connectivity index (χ1) is 11.8. The van der Waals surface area contributed by atoms with E-state index in [0.717, 1.165) is 30.2 Å². The molecule has 2 aromatic carbocycles. The van der Waals surface area contributed by atoms with Gasteiger partial charge in [-0.15, -0.1) is 0 Å². The third-order valence-electron chi connectivity index (χ3n) is 4.27. The molecular formula is C19H19N3OS. The number of carbonyl (C=O) groups excluding carboxylic acids is 1. The van der Waals surface area contributed by atoms with Crippen molar-refractivity contribution in [1.29, 1.82) is 0 Å². The van der Waals surface area contributed by atoms with Crippen molar-refractivity contribution in [3.8, 4) is 0 Å². The lowest BCUT2D eigenvalue weighted by Crippen LogP contribution is -2.23. The Morgan fingerprint density at radius 2 is 2.00 bits per heavy atom. The topological polar surface area (TPSA) is 45.2 Å². The first kappa shape index (κ1) is 15.1. The second-order valence-corrected chi connectivity index (χ2v) is 7.11. The van der Waals surface area contributed by atoms with Crippen LogP contribution in [0.5, 0.6) is 0 Å². The fourth-order valence-corrected chi connectivity index (χ4v) is 3.92. The number of aromatic nitrogens is 1. The Hall–Kier alpha value is -2.40. The zero-order valence-electron chi connectivity index (χ0n) is 13.4. The molecular weight excluding hydrogens is 318 g/mol. The quantitative estimate of drug-likeness (QED) is 0.764. The lowest BCUT2D eigenvalue weighted by atomic mass is 10.1. The highest BCUT2D eigenvalue weighted by Gasteiger charge is 2.19. The first-order valence-corrected chi connectivity index (χ1v) is 9.05. The lowest BCUT2D eigenvalue weighted by Gasteiger charge is -2.16. The molecule has 0 bridgehead atoms. The number of fused-ring (bicyclic) bond motifs is 1. The second-order valence-electron chi connectivity index (χ2n) is 6.08. The normalized spacial score (nSPS) is 14.5. The van der Waals surface area contributed by atoms with Gasteiger partial charge in [-0.25, -0.2) is 4.98 Å². The number of nitrogens with one attached hydrogen (secondary N) is 1. The van der Waals surface area contributed by atoms with E-state index in [1.54, 1.807) is 11.3 Å². The highest BCUT2D eigenvalue weighted by Crippen LogP contribution is 2.25. The van der Waals surface area contributed by atoms with E-state index in [2.05, 4.69) is 40.6 Å². The summed E-state index contributed by atoms with van der Waals surface area (Å²) in [4.78, 5) is 18.3. The van der Waals surface area contributed by atoms with Crippen LogP contribution in [0.3, 0.4) is 0 Å². The number of nitrogens with zero attached hydrogens (tertiary/aromatic N) is 2. The van der Waals surface area contributed by atoms with Gasteiger partial charge in [-0.1, -0.05) is 47.7 Å². The van der Waals surface area contributed by atoms with Crippen LogP contribution >= 0.6 is 11.3 Å². The molecule has 1 N–H and O–H groups in total. The average Bonchev–Trinajstić information content (AvgIpc) is 3.19. The van der Waals surface area contributed by atoms with Gasteiger partial charge in [0, 0.05) is 26.1 Å². The van der Waals surface area contributed by atoms with Crippen LogP contribution in [0.2, 0.25) is 0 Å². The number of carbonyl (C=O) groups is 1. The Kier molecular flexibility index (Phi) is 4.17. The molecule has 5 heteroatoms. The third-order valence-corrected chi connectivity index (χ3v) is 5.27. The van der Waals surface area contributed by atoms with E-state index >= 15 is 0 Å². The summed E-state index contributed by atoms with van der Waals surface area (Å²) in [5, 5.41) is 4.35. The fourth-order valence-electron chi connectivity index (χ4n) is 3.06. The molecule has 4 rings (SSSR count). The Morgan fingerprint density at radius 1 is 1.12 bits per heavy atom. The van der Waals surface area contributed by atoms with Gasteiger partial charge in [0.15, 0.2) is 5.13 Å². The summed E-state index contributed by atoms with van der Waals surface area (Å²) < 4.78 is 1.20. The molecule has 2 heterocycles. The summed E-state index contributed by atoms with van der Waals surface area (Å²) in [5.41, 5.74) is 3.43. The van der Waals surface area contributed by atoms with Gasteiger partial charge in [-0.05, 0) is 29.7 Å². The molecule has 1 amide bonds. The maximum Gasteiger partial charge on any atom is 0.222 e. The van der Waals surface area contributed by atoms with Crippen LogP contribution in [0.1, 0.15) is 24.0 Å². The van der Waals surface area contributed by atoms with E-state index in [-0.39, 0.29) is 5.91 Å². The molecule has 0 atom stereocenters. The molecule has 0 aliphatic carbocycles. The predicted octanol–water partition coefficient (Wildman–Crippen LogP) is 4.03. The van der Waals surface area contributed by atoms with Crippen LogP contribution in [-0.4, -0.2) is 22.3 Å². The number of anilines is 1. The molecule has 3 aromatic rings. The van der Waals surface area contributed by atoms with Crippen molar-refractivity contribution in [3.05, 3.63) is 59.7 Å². The molecule has 1 aliphatic rings. The maximum absolute atomic E-state index is 11.8. The molecule has 24 heavy (non-hydrogen) atoms. The van der Waals surface area contributed by atoms with E-state index in [0.29, 0.717) is 13.0 Å². The van der Waals surface area contributed by atoms with Crippen LogP contribution < -0.4 is 5.32 Å². The monoisotopic (exact) mass is 337 g/mol. The number of para-hydroxylation sites is 1. The summed E-state index contributed by atoms with van der Waals surface area (Å²) >= 11 is 1.67. The van der Waals surface area contributed by atoms with Crippen LogP contribution in [0, 0.1) is 0 Å². The minimum absolute atomic E-state index is 0.271. The van der Waals surface area contributed by atoms with Crippen molar-refractivity contribution in [2.45, 2.75) is 25.9 Å². The Bertz CT molecular complexity index is 841. The Labute approximate surface area is 145 Å². The van der Waals surface area contributed by atoms with Gasteiger partial charge in [0.2, 0.25) is 5.91 Å². The van der Waals surface area contributed by atoms with Crippen LogP contribution in [0.15, 0.2) is 48.5 Å². The zero-order chi connectivity index (χ0) is 16.4. The van der Waals surface area contributed by atoms with Crippen LogP contribution in [0.4, 0.5) is 5.13 Å². The molecule has 0 unspecified atom stereocenters. The van der Waals surface area contributed by atoms with Crippen molar-refractivity contribution in [2.75, 3.05) is 11.9 Å². The van der Waals surface area contributed by atoms with Gasteiger partial charge in [-0.2, -0.15) is 0 Å². The van der Waals surface area contributed by atoms with E-state index in [4.69, 9.17) is 0 Å². The van der Waals surface area contributed by atoms with E-state index in [1.165, 1.54) is 15.8 Å². The third kappa shape index (κ3) is 3.26. The van der Waals surface area contributed by atoms with Gasteiger partial charge >= 0.3 is 0 Å². The van der Waals surface area contributed by atoms with Crippen molar-refractivity contribution >= 4 is 32.6 Å². The first-order valence-electron chi connectivity index (χ1n) is 8.23. The number of benzene rings is 2. The van der Waals surface area contributed by atoms with Gasteiger partial charge in [-0.3, -0.25) is 4.79 Å². The van der Waals surface area contributed by atoms with Crippen molar-refractivity contribution in [3.63, 3.8) is 0 Å². The van der Waals surface area contributed by atoms with Gasteiger partial charge in [0.25, 0.3) is 0 Å². The standard InChI is InChI=1S/C19H19N3OS/c23-18-9-4-10-22(18)13-15-6-3-5-14(11-15)12-20-19-21-16-7-1-2-8-17(16)24-19/h1-3,5-8,11H,4,9-10,12-13H2,(H,20,21). The largest absolute Gasteiger partial charge is 0.357 e. The smallest absolute Gasteiger partial charge is 0.222 e. The number of rotatable bonds is 5. The summed E-state index contributed by atoms with van der Waals surface area (Å²) in [6.07, 6.45) is 1.68. The highest BCUT2D eigenvalue weighted by atomic mass is 32.1. The number of thiazole rings is 1.